The molecule has 0 atom stereocenters. The van der Waals surface area contributed by atoms with Crippen molar-refractivity contribution in [3.8, 4) is 11.3 Å². The van der Waals surface area contributed by atoms with Crippen LogP contribution in [0.1, 0.15) is 45.7 Å². The highest BCUT2D eigenvalue weighted by Gasteiger charge is 2.21. The van der Waals surface area contributed by atoms with E-state index in [-0.39, 0.29) is 5.41 Å². The van der Waals surface area contributed by atoms with Crippen molar-refractivity contribution >= 4 is 63.7 Å². The van der Waals surface area contributed by atoms with E-state index in [4.69, 9.17) is 4.98 Å². The minimum atomic E-state index is 0.0538. The molecule has 0 radical (unpaired) electrons. The Bertz CT molecular complexity index is 1690. The van der Waals surface area contributed by atoms with Gasteiger partial charge in [0.25, 0.3) is 0 Å². The summed E-state index contributed by atoms with van der Waals surface area (Å²) in [4.78, 5) is 4.95. The van der Waals surface area contributed by atoms with Crippen LogP contribution in [0, 0.1) is 5.92 Å². The SMILES string of the molecule is CC(C)Cc1csc2ccc3sc4c(-c5cc(C(C)(C)C)c6ccccc6c5)nccc4c3c12. The van der Waals surface area contributed by atoms with E-state index in [9.17, 15) is 0 Å². The second kappa shape index (κ2) is 7.90. The van der Waals surface area contributed by atoms with Gasteiger partial charge in [0.15, 0.2) is 0 Å². The second-order valence-electron chi connectivity index (χ2n) is 10.8. The molecule has 3 aromatic heterocycles. The Hall–Kier alpha value is -2.75. The van der Waals surface area contributed by atoms with Crippen LogP contribution in [0.3, 0.4) is 0 Å². The summed E-state index contributed by atoms with van der Waals surface area (Å²) in [6.45, 7) is 11.5. The third kappa shape index (κ3) is 3.45. The molecule has 0 saturated heterocycles. The summed E-state index contributed by atoms with van der Waals surface area (Å²) >= 11 is 3.77. The van der Waals surface area contributed by atoms with Crippen molar-refractivity contribution in [2.75, 3.05) is 0 Å². The lowest BCUT2D eigenvalue weighted by Crippen LogP contribution is -2.12. The number of aromatic nitrogens is 1. The molecule has 0 aliphatic carbocycles. The van der Waals surface area contributed by atoms with E-state index >= 15 is 0 Å². The van der Waals surface area contributed by atoms with E-state index in [2.05, 4.69) is 94.6 Å². The number of nitrogens with zero attached hydrogens (tertiary/aromatic N) is 1. The molecule has 0 bridgehead atoms. The Balaban J connectivity index is 1.67. The van der Waals surface area contributed by atoms with Gasteiger partial charge in [-0.1, -0.05) is 58.9 Å². The molecular weight excluding hydrogens is 450 g/mol. The van der Waals surface area contributed by atoms with Crippen molar-refractivity contribution in [3.05, 3.63) is 77.3 Å². The van der Waals surface area contributed by atoms with Crippen molar-refractivity contribution in [1.82, 2.24) is 4.98 Å². The normalized spacial score (nSPS) is 12.6. The average Bonchev–Trinajstić information content (AvgIpc) is 3.38. The lowest BCUT2D eigenvalue weighted by atomic mass is 9.82. The average molecular weight is 480 g/mol. The predicted molar refractivity (Wildman–Crippen MR) is 153 cm³/mol. The van der Waals surface area contributed by atoms with Crippen molar-refractivity contribution in [2.24, 2.45) is 5.92 Å². The van der Waals surface area contributed by atoms with Crippen LogP contribution < -0.4 is 0 Å². The van der Waals surface area contributed by atoms with Crippen molar-refractivity contribution in [2.45, 2.75) is 46.5 Å². The molecule has 3 heterocycles. The van der Waals surface area contributed by atoms with Crippen LogP contribution in [-0.2, 0) is 11.8 Å². The Labute approximate surface area is 209 Å². The zero-order valence-electron chi connectivity index (χ0n) is 20.4. The number of hydrogen-bond donors (Lipinski definition) is 0. The summed E-state index contributed by atoms with van der Waals surface area (Å²) in [7, 11) is 0. The minimum Gasteiger partial charge on any atom is -0.255 e. The molecule has 0 aliphatic heterocycles. The van der Waals surface area contributed by atoms with Crippen LogP contribution in [0.5, 0.6) is 0 Å². The second-order valence-corrected chi connectivity index (χ2v) is 12.8. The number of thiophene rings is 2. The molecule has 0 unspecified atom stereocenters. The Kier molecular flexibility index (Phi) is 5.05. The zero-order valence-corrected chi connectivity index (χ0v) is 22.0. The highest BCUT2D eigenvalue weighted by Crippen LogP contribution is 2.45. The molecule has 0 aliphatic rings. The Morgan fingerprint density at radius 3 is 2.47 bits per heavy atom. The molecule has 0 saturated carbocycles. The van der Waals surface area contributed by atoms with Crippen LogP contribution in [0.25, 0.3) is 52.3 Å². The van der Waals surface area contributed by atoms with Crippen LogP contribution in [0.4, 0.5) is 0 Å². The van der Waals surface area contributed by atoms with E-state index in [0.29, 0.717) is 5.92 Å². The van der Waals surface area contributed by atoms with Gasteiger partial charge in [0.2, 0.25) is 0 Å². The zero-order chi connectivity index (χ0) is 23.6. The van der Waals surface area contributed by atoms with Gasteiger partial charge >= 0.3 is 0 Å². The van der Waals surface area contributed by atoms with E-state index in [1.165, 1.54) is 57.7 Å². The van der Waals surface area contributed by atoms with Crippen molar-refractivity contribution in [3.63, 3.8) is 0 Å². The predicted octanol–water partition coefficient (Wildman–Crippen LogP) is 9.98. The molecule has 0 N–H and O–H groups in total. The molecular formula is C31H29NS2. The van der Waals surface area contributed by atoms with Crippen molar-refractivity contribution < 1.29 is 0 Å². The van der Waals surface area contributed by atoms with Crippen LogP contribution in [0.2, 0.25) is 0 Å². The summed E-state index contributed by atoms with van der Waals surface area (Å²) in [5.74, 6) is 0.642. The summed E-state index contributed by atoms with van der Waals surface area (Å²) in [6, 6.07) is 20.3. The van der Waals surface area contributed by atoms with Gasteiger partial charge in [-0.3, -0.25) is 4.98 Å². The van der Waals surface area contributed by atoms with Gasteiger partial charge < -0.3 is 0 Å². The van der Waals surface area contributed by atoms with E-state index < -0.39 is 0 Å². The van der Waals surface area contributed by atoms with Crippen LogP contribution >= 0.6 is 22.7 Å². The number of rotatable bonds is 3. The van der Waals surface area contributed by atoms with Gasteiger partial charge in [-0.25, -0.2) is 0 Å². The number of hydrogen-bond acceptors (Lipinski definition) is 3. The lowest BCUT2D eigenvalue weighted by Gasteiger charge is -2.22. The van der Waals surface area contributed by atoms with Crippen molar-refractivity contribution in [1.29, 1.82) is 0 Å². The highest BCUT2D eigenvalue weighted by atomic mass is 32.1. The fourth-order valence-corrected chi connectivity index (χ4v) is 7.45. The number of benzene rings is 3. The van der Waals surface area contributed by atoms with Gasteiger partial charge in [-0.15, -0.1) is 22.7 Å². The van der Waals surface area contributed by atoms with Gasteiger partial charge in [-0.2, -0.15) is 0 Å². The van der Waals surface area contributed by atoms with Gasteiger partial charge in [0, 0.05) is 37.3 Å². The third-order valence-electron chi connectivity index (χ3n) is 6.74. The Morgan fingerprint density at radius 2 is 1.68 bits per heavy atom. The molecule has 34 heavy (non-hydrogen) atoms. The Morgan fingerprint density at radius 1 is 0.882 bits per heavy atom. The smallest absolute Gasteiger partial charge is 0.0880 e. The van der Waals surface area contributed by atoms with E-state index in [1.807, 2.05) is 28.9 Å². The maximum atomic E-state index is 4.95. The van der Waals surface area contributed by atoms with Gasteiger partial charge in [-0.05, 0) is 75.4 Å². The fourth-order valence-electron chi connectivity index (χ4n) is 5.25. The molecule has 0 fully saturated rings. The van der Waals surface area contributed by atoms with Gasteiger partial charge in [0.1, 0.15) is 0 Å². The summed E-state index contributed by atoms with van der Waals surface area (Å²) < 4.78 is 4.04. The molecule has 0 spiro atoms. The highest BCUT2D eigenvalue weighted by molar-refractivity contribution is 7.26. The molecule has 3 heteroatoms. The largest absolute Gasteiger partial charge is 0.255 e. The first kappa shape index (κ1) is 21.8. The number of fused-ring (bicyclic) bond motifs is 6. The quantitative estimate of drug-likeness (QED) is 0.246. The monoisotopic (exact) mass is 479 g/mol. The maximum Gasteiger partial charge on any atom is 0.0880 e. The molecule has 3 aromatic carbocycles. The third-order valence-corrected chi connectivity index (χ3v) is 8.91. The maximum absolute atomic E-state index is 4.95. The lowest BCUT2D eigenvalue weighted by molar-refractivity contribution is 0.596. The number of pyridine rings is 1. The van der Waals surface area contributed by atoms with E-state index in [0.717, 1.165) is 12.1 Å². The van der Waals surface area contributed by atoms with Gasteiger partial charge in [0.05, 0.1) is 10.4 Å². The topological polar surface area (TPSA) is 12.9 Å². The minimum absolute atomic E-state index is 0.0538. The summed E-state index contributed by atoms with van der Waals surface area (Å²) in [5.41, 5.74) is 5.23. The fraction of sp³-hybridized carbons (Fsp3) is 0.258. The van der Waals surface area contributed by atoms with Crippen LogP contribution in [-0.4, -0.2) is 4.98 Å². The van der Waals surface area contributed by atoms with E-state index in [1.54, 1.807) is 0 Å². The van der Waals surface area contributed by atoms with Crippen LogP contribution in [0.15, 0.2) is 66.2 Å². The first-order chi connectivity index (χ1) is 16.3. The first-order valence-electron chi connectivity index (χ1n) is 12.0. The summed E-state index contributed by atoms with van der Waals surface area (Å²) in [6.07, 6.45) is 3.12. The summed E-state index contributed by atoms with van der Waals surface area (Å²) in [5, 5.41) is 9.19. The molecule has 1 nitrogen and oxygen atoms in total. The molecule has 0 amide bonds. The standard InChI is InChI=1S/C31H29NS2/c1-18(2)14-21-17-33-25-10-11-26-28(27(21)25)23-12-13-32-29(30(23)34-26)20-15-19-8-6-7-9-22(19)24(16-20)31(3,4)5/h6-13,15-18H,14H2,1-5H3. The first-order valence-corrected chi connectivity index (χ1v) is 13.7. The molecule has 6 aromatic rings. The molecule has 6 rings (SSSR count). The molecule has 170 valence electrons.